The average Bonchev–Trinajstić information content (AvgIpc) is 3.13. The van der Waals surface area contributed by atoms with E-state index in [9.17, 15) is 4.79 Å². The summed E-state index contributed by atoms with van der Waals surface area (Å²) in [5, 5.41) is 3.00. The molecule has 1 N–H and O–H groups in total. The highest BCUT2D eigenvalue weighted by Gasteiger charge is 2.51. The molecule has 1 unspecified atom stereocenters. The minimum Gasteiger partial charge on any atom is -0.312 e. The lowest BCUT2D eigenvalue weighted by Gasteiger charge is -2.15. The number of aliphatic imine (C=N–C) groups is 1. The van der Waals surface area contributed by atoms with Crippen molar-refractivity contribution in [3.05, 3.63) is 35.9 Å². The fourth-order valence-electron chi connectivity index (χ4n) is 2.70. The van der Waals surface area contributed by atoms with Crippen molar-refractivity contribution in [2.45, 2.75) is 44.1 Å². The molecule has 1 amide bonds. The Morgan fingerprint density at radius 2 is 2.06 bits per heavy atom. The summed E-state index contributed by atoms with van der Waals surface area (Å²) in [6.07, 6.45) is 4.03. The van der Waals surface area contributed by atoms with E-state index in [-0.39, 0.29) is 17.4 Å². The number of nitrogens with one attached hydrogen (secondary N) is 1. The molecule has 0 aromatic heterocycles. The van der Waals surface area contributed by atoms with Gasteiger partial charge in [-0.3, -0.25) is 9.79 Å². The summed E-state index contributed by atoms with van der Waals surface area (Å²) in [5.74, 6) is 0.978. The molecule has 0 saturated heterocycles. The fraction of sp³-hybridized carbons (Fsp3) is 0.467. The minimum absolute atomic E-state index is 0.000584. The molecule has 0 radical (unpaired) electrons. The van der Waals surface area contributed by atoms with Crippen LogP contribution in [0.15, 0.2) is 35.3 Å². The fourth-order valence-corrected chi connectivity index (χ4v) is 2.70. The number of benzene rings is 1. The molecule has 94 valence electrons. The molecule has 1 saturated carbocycles. The van der Waals surface area contributed by atoms with E-state index in [1.807, 2.05) is 6.07 Å². The molecule has 0 spiro atoms. The second-order valence-corrected chi connectivity index (χ2v) is 5.22. The molecule has 2 aliphatic rings. The molecule has 3 rings (SSSR count). The van der Waals surface area contributed by atoms with Gasteiger partial charge in [-0.2, -0.15) is 0 Å². The van der Waals surface area contributed by atoms with Crippen LogP contribution in [0, 0.1) is 0 Å². The van der Waals surface area contributed by atoms with Crippen molar-refractivity contribution in [3.8, 4) is 0 Å². The molecule has 3 heteroatoms. The molecule has 1 aromatic rings. The van der Waals surface area contributed by atoms with Crippen LogP contribution in [0.1, 0.15) is 38.2 Å². The third kappa shape index (κ3) is 1.74. The Morgan fingerprint density at radius 1 is 1.33 bits per heavy atom. The standard InChI is InChI=1S/C15H18N2O/c1-2-6-12-13(18)17-14(16-12)15(9-10-15)11-7-4-3-5-8-11/h3-5,7-8,12H,2,6,9-10H2,1H3,(H,16,17,18). The van der Waals surface area contributed by atoms with Crippen molar-refractivity contribution in [2.75, 3.05) is 0 Å². The molecule has 1 fully saturated rings. The van der Waals surface area contributed by atoms with Crippen molar-refractivity contribution < 1.29 is 4.79 Å². The highest BCUT2D eigenvalue weighted by molar-refractivity contribution is 6.11. The van der Waals surface area contributed by atoms with Gasteiger partial charge in [-0.15, -0.1) is 0 Å². The number of nitrogens with zero attached hydrogens (tertiary/aromatic N) is 1. The maximum atomic E-state index is 11.9. The van der Waals surface area contributed by atoms with Crippen molar-refractivity contribution in [1.82, 2.24) is 5.32 Å². The Balaban J connectivity index is 1.88. The predicted octanol–water partition coefficient (Wildman–Crippen LogP) is 2.42. The van der Waals surface area contributed by atoms with Crippen LogP contribution in [-0.2, 0) is 10.2 Å². The van der Waals surface area contributed by atoms with E-state index in [1.54, 1.807) is 0 Å². The number of carbonyl (C=O) groups excluding carboxylic acids is 1. The van der Waals surface area contributed by atoms with Crippen LogP contribution in [0.4, 0.5) is 0 Å². The van der Waals surface area contributed by atoms with E-state index < -0.39 is 0 Å². The van der Waals surface area contributed by atoms with E-state index >= 15 is 0 Å². The van der Waals surface area contributed by atoms with Gasteiger partial charge in [-0.05, 0) is 24.8 Å². The molecular formula is C15H18N2O. The number of hydrogen-bond donors (Lipinski definition) is 1. The van der Waals surface area contributed by atoms with E-state index in [4.69, 9.17) is 0 Å². The second-order valence-electron chi connectivity index (χ2n) is 5.22. The van der Waals surface area contributed by atoms with Crippen molar-refractivity contribution in [3.63, 3.8) is 0 Å². The summed E-state index contributed by atoms with van der Waals surface area (Å²) < 4.78 is 0. The van der Waals surface area contributed by atoms with Gasteiger partial charge in [0.1, 0.15) is 11.9 Å². The molecule has 1 aliphatic heterocycles. The van der Waals surface area contributed by atoms with Gasteiger partial charge in [0.2, 0.25) is 5.91 Å². The number of rotatable bonds is 4. The van der Waals surface area contributed by atoms with Crippen LogP contribution >= 0.6 is 0 Å². The number of amidine groups is 1. The average molecular weight is 242 g/mol. The minimum atomic E-state index is -0.161. The summed E-state index contributed by atoms with van der Waals surface area (Å²) in [6, 6.07) is 10.2. The summed E-state index contributed by atoms with van der Waals surface area (Å²) in [6.45, 7) is 2.09. The molecule has 1 aliphatic carbocycles. The van der Waals surface area contributed by atoms with Crippen LogP contribution in [-0.4, -0.2) is 17.8 Å². The van der Waals surface area contributed by atoms with Gasteiger partial charge in [0, 0.05) is 0 Å². The predicted molar refractivity (Wildman–Crippen MR) is 71.6 cm³/mol. The molecule has 1 heterocycles. The van der Waals surface area contributed by atoms with Crippen molar-refractivity contribution in [2.24, 2.45) is 4.99 Å². The largest absolute Gasteiger partial charge is 0.312 e. The first-order valence-electron chi connectivity index (χ1n) is 6.71. The molecule has 0 bridgehead atoms. The third-order valence-electron chi connectivity index (χ3n) is 3.92. The molecule has 3 nitrogen and oxygen atoms in total. The maximum absolute atomic E-state index is 11.9. The van der Waals surface area contributed by atoms with Gasteiger partial charge >= 0.3 is 0 Å². The first-order valence-corrected chi connectivity index (χ1v) is 6.71. The topological polar surface area (TPSA) is 41.5 Å². The number of hydrogen-bond acceptors (Lipinski definition) is 2. The number of carbonyl (C=O) groups is 1. The number of amides is 1. The molecule has 1 aromatic carbocycles. The smallest absolute Gasteiger partial charge is 0.250 e. The van der Waals surface area contributed by atoms with Gasteiger partial charge in [0.25, 0.3) is 0 Å². The lowest BCUT2D eigenvalue weighted by Crippen LogP contribution is -2.35. The normalized spacial score (nSPS) is 24.6. The second kappa shape index (κ2) is 4.23. The van der Waals surface area contributed by atoms with Crippen LogP contribution in [0.3, 0.4) is 0 Å². The van der Waals surface area contributed by atoms with Crippen LogP contribution in [0.25, 0.3) is 0 Å². The first kappa shape index (κ1) is 11.5. The summed E-state index contributed by atoms with van der Waals surface area (Å²) in [5.41, 5.74) is 1.28. The van der Waals surface area contributed by atoms with Crippen LogP contribution in [0.5, 0.6) is 0 Å². The highest BCUT2D eigenvalue weighted by Crippen LogP contribution is 2.49. The zero-order valence-electron chi connectivity index (χ0n) is 10.6. The molecule has 18 heavy (non-hydrogen) atoms. The van der Waals surface area contributed by atoms with Crippen molar-refractivity contribution >= 4 is 11.7 Å². The van der Waals surface area contributed by atoms with E-state index in [1.165, 1.54) is 5.56 Å². The first-order chi connectivity index (χ1) is 8.76. The Kier molecular flexibility index (Phi) is 2.69. The van der Waals surface area contributed by atoms with Gasteiger partial charge in [-0.25, -0.2) is 0 Å². The zero-order chi connectivity index (χ0) is 12.6. The quantitative estimate of drug-likeness (QED) is 0.865. The van der Waals surface area contributed by atoms with Gasteiger partial charge in [0.15, 0.2) is 0 Å². The molecular weight excluding hydrogens is 224 g/mol. The highest BCUT2D eigenvalue weighted by atomic mass is 16.2. The molecule has 1 atom stereocenters. The maximum Gasteiger partial charge on any atom is 0.250 e. The van der Waals surface area contributed by atoms with Gasteiger partial charge < -0.3 is 5.32 Å². The summed E-state index contributed by atoms with van der Waals surface area (Å²) in [7, 11) is 0. The summed E-state index contributed by atoms with van der Waals surface area (Å²) >= 11 is 0. The van der Waals surface area contributed by atoms with Gasteiger partial charge in [0.05, 0.1) is 5.41 Å². The Bertz CT molecular complexity index is 488. The Labute approximate surface area is 107 Å². The van der Waals surface area contributed by atoms with E-state index in [2.05, 4.69) is 41.5 Å². The monoisotopic (exact) mass is 242 g/mol. The lowest BCUT2D eigenvalue weighted by molar-refractivity contribution is -0.120. The Morgan fingerprint density at radius 3 is 2.67 bits per heavy atom. The van der Waals surface area contributed by atoms with Crippen LogP contribution < -0.4 is 5.32 Å². The van der Waals surface area contributed by atoms with Gasteiger partial charge in [-0.1, -0.05) is 43.7 Å². The third-order valence-corrected chi connectivity index (χ3v) is 3.92. The van der Waals surface area contributed by atoms with E-state index in [0.717, 1.165) is 31.5 Å². The SMILES string of the molecule is CCCC1N=C(C2(c3ccccc3)CC2)NC1=O. The van der Waals surface area contributed by atoms with E-state index in [0.29, 0.717) is 0 Å². The summed E-state index contributed by atoms with van der Waals surface area (Å²) in [4.78, 5) is 16.5. The lowest BCUT2D eigenvalue weighted by atomic mass is 9.95. The Hall–Kier alpha value is -1.64. The van der Waals surface area contributed by atoms with Crippen LogP contribution in [0.2, 0.25) is 0 Å². The van der Waals surface area contributed by atoms with Crippen molar-refractivity contribution in [1.29, 1.82) is 0 Å². The zero-order valence-corrected chi connectivity index (χ0v) is 10.6.